The van der Waals surface area contributed by atoms with Crippen LogP contribution in [0.5, 0.6) is 0 Å². The lowest BCUT2D eigenvalue weighted by atomic mass is 9.98. The van der Waals surface area contributed by atoms with Crippen LogP contribution in [0, 0.1) is 11.3 Å². The molecule has 0 saturated heterocycles. The van der Waals surface area contributed by atoms with Crippen LogP contribution in [0.1, 0.15) is 5.56 Å². The van der Waals surface area contributed by atoms with E-state index in [4.69, 9.17) is 0 Å². The molecular weight excluding hydrogens is 534 g/mol. The van der Waals surface area contributed by atoms with Gasteiger partial charge in [0.05, 0.1) is 33.7 Å². The van der Waals surface area contributed by atoms with Crippen LogP contribution in [0.25, 0.3) is 76.9 Å². The first-order valence-corrected chi connectivity index (χ1v) is 14.8. The monoisotopic (exact) mass is 559 g/mol. The molecule has 0 spiro atoms. The zero-order chi connectivity index (χ0) is 29.2. The van der Waals surface area contributed by atoms with Crippen LogP contribution in [0.2, 0.25) is 0 Å². The molecule has 0 amide bonds. The highest BCUT2D eigenvalue weighted by molar-refractivity contribution is 6.17. The molecule has 3 heteroatoms. The Hall–Kier alpha value is -6.11. The molecule has 3 nitrogen and oxygen atoms in total. The molecule has 0 atom stereocenters. The molecule has 2 heterocycles. The number of para-hydroxylation sites is 3. The Morgan fingerprint density at radius 2 is 1.09 bits per heavy atom. The van der Waals surface area contributed by atoms with Gasteiger partial charge in [0.15, 0.2) is 0 Å². The number of aromatic nitrogens is 2. The normalized spacial score (nSPS) is 11.6. The lowest BCUT2D eigenvalue weighted by Crippen LogP contribution is -1.94. The van der Waals surface area contributed by atoms with Crippen LogP contribution in [-0.2, 0) is 0 Å². The summed E-state index contributed by atoms with van der Waals surface area (Å²) in [6.07, 6.45) is 0. The molecule has 9 aromatic rings. The van der Waals surface area contributed by atoms with E-state index < -0.39 is 0 Å². The van der Waals surface area contributed by atoms with Crippen molar-refractivity contribution in [3.05, 3.63) is 157 Å². The van der Waals surface area contributed by atoms with Gasteiger partial charge in [-0.25, -0.2) is 0 Å². The quantitative estimate of drug-likeness (QED) is 0.212. The van der Waals surface area contributed by atoms with Crippen molar-refractivity contribution in [2.45, 2.75) is 0 Å². The lowest BCUT2D eigenvalue weighted by molar-refractivity contribution is 1.18. The van der Waals surface area contributed by atoms with Gasteiger partial charge < -0.3 is 9.13 Å². The van der Waals surface area contributed by atoms with Crippen LogP contribution >= 0.6 is 0 Å². The van der Waals surface area contributed by atoms with Crippen LogP contribution in [0.3, 0.4) is 0 Å². The average molecular weight is 560 g/mol. The molecule has 7 aromatic carbocycles. The molecular formula is C41H25N3. The minimum absolute atomic E-state index is 0.676. The van der Waals surface area contributed by atoms with E-state index in [1.807, 2.05) is 18.2 Å². The molecule has 0 saturated carbocycles. The molecule has 44 heavy (non-hydrogen) atoms. The summed E-state index contributed by atoms with van der Waals surface area (Å²) in [5, 5.41) is 16.5. The molecule has 0 aliphatic heterocycles. The molecule has 2 aromatic heterocycles. The van der Waals surface area contributed by atoms with Crippen LogP contribution < -0.4 is 0 Å². The van der Waals surface area contributed by atoms with E-state index in [9.17, 15) is 5.26 Å². The minimum Gasteiger partial charge on any atom is -0.309 e. The van der Waals surface area contributed by atoms with E-state index >= 15 is 0 Å². The third-order valence-electron chi connectivity index (χ3n) is 8.91. The second kappa shape index (κ2) is 9.46. The standard InChI is InChI=1S/C41H25N3/c42-26-27-17-18-29-24-32(21-19-28(29)23-27)44-38-15-7-5-12-35(38)41-33(13-8-16-40(41)44)30-20-22-39-36(25-30)34-11-4-6-14-37(34)43(39)31-9-2-1-3-10-31/h1-25H. The van der Waals surface area contributed by atoms with Crippen molar-refractivity contribution in [1.29, 1.82) is 5.26 Å². The summed E-state index contributed by atoms with van der Waals surface area (Å²) in [5.41, 5.74) is 10.1. The van der Waals surface area contributed by atoms with Gasteiger partial charge in [-0.15, -0.1) is 0 Å². The maximum atomic E-state index is 9.37. The predicted molar refractivity (Wildman–Crippen MR) is 183 cm³/mol. The summed E-state index contributed by atoms with van der Waals surface area (Å²) < 4.78 is 4.73. The predicted octanol–water partition coefficient (Wildman–Crippen LogP) is 10.6. The van der Waals surface area contributed by atoms with E-state index in [-0.39, 0.29) is 0 Å². The van der Waals surface area contributed by atoms with Crippen molar-refractivity contribution in [3.8, 4) is 28.6 Å². The summed E-state index contributed by atoms with van der Waals surface area (Å²) >= 11 is 0. The molecule has 0 bridgehead atoms. The van der Waals surface area contributed by atoms with Crippen molar-refractivity contribution in [1.82, 2.24) is 9.13 Å². The Kier molecular flexibility index (Phi) is 5.26. The van der Waals surface area contributed by atoms with E-state index in [0.29, 0.717) is 5.56 Å². The lowest BCUT2D eigenvalue weighted by Gasteiger charge is -2.11. The van der Waals surface area contributed by atoms with Gasteiger partial charge >= 0.3 is 0 Å². The highest BCUT2D eigenvalue weighted by Crippen LogP contribution is 2.41. The van der Waals surface area contributed by atoms with Crippen LogP contribution in [0.4, 0.5) is 0 Å². The topological polar surface area (TPSA) is 33.6 Å². The van der Waals surface area contributed by atoms with Gasteiger partial charge in [0, 0.05) is 32.9 Å². The first-order chi connectivity index (χ1) is 21.8. The molecule has 0 N–H and O–H groups in total. The highest BCUT2D eigenvalue weighted by Gasteiger charge is 2.18. The Labute approximate surface area is 254 Å². The van der Waals surface area contributed by atoms with Gasteiger partial charge in [-0.05, 0) is 88.6 Å². The van der Waals surface area contributed by atoms with E-state index in [0.717, 1.165) is 22.1 Å². The number of rotatable bonds is 3. The Morgan fingerprint density at radius 1 is 0.432 bits per heavy atom. The van der Waals surface area contributed by atoms with E-state index in [1.165, 1.54) is 54.7 Å². The van der Waals surface area contributed by atoms with Gasteiger partial charge in [-0.3, -0.25) is 0 Å². The Balaban J connectivity index is 1.30. The summed E-state index contributed by atoms with van der Waals surface area (Å²) in [7, 11) is 0. The van der Waals surface area contributed by atoms with Crippen molar-refractivity contribution >= 4 is 54.4 Å². The number of benzene rings is 7. The number of nitrogens with zero attached hydrogens (tertiary/aromatic N) is 3. The fourth-order valence-electron chi connectivity index (χ4n) is 6.98. The van der Waals surface area contributed by atoms with E-state index in [2.05, 4.69) is 149 Å². The Morgan fingerprint density at radius 3 is 1.93 bits per heavy atom. The minimum atomic E-state index is 0.676. The Bertz CT molecular complexity index is 2610. The third-order valence-corrected chi connectivity index (χ3v) is 8.91. The molecule has 0 aliphatic carbocycles. The fraction of sp³-hybridized carbons (Fsp3) is 0. The molecule has 204 valence electrons. The highest BCUT2D eigenvalue weighted by atomic mass is 15.0. The second-order valence-electron chi connectivity index (χ2n) is 11.3. The van der Waals surface area contributed by atoms with Crippen molar-refractivity contribution in [2.24, 2.45) is 0 Å². The van der Waals surface area contributed by atoms with Gasteiger partial charge in [0.2, 0.25) is 0 Å². The summed E-state index contributed by atoms with van der Waals surface area (Å²) in [4.78, 5) is 0. The molecule has 9 rings (SSSR count). The first-order valence-electron chi connectivity index (χ1n) is 14.8. The summed E-state index contributed by atoms with van der Waals surface area (Å²) in [5.74, 6) is 0. The van der Waals surface area contributed by atoms with E-state index in [1.54, 1.807) is 0 Å². The number of fused-ring (bicyclic) bond motifs is 7. The van der Waals surface area contributed by atoms with Gasteiger partial charge in [-0.1, -0.05) is 84.9 Å². The molecule has 0 radical (unpaired) electrons. The zero-order valence-corrected chi connectivity index (χ0v) is 23.8. The number of hydrogen-bond acceptors (Lipinski definition) is 1. The zero-order valence-electron chi connectivity index (χ0n) is 23.8. The van der Waals surface area contributed by atoms with Crippen LogP contribution in [-0.4, -0.2) is 9.13 Å². The SMILES string of the molecule is N#Cc1ccc2cc(-n3c4ccccc4c4c(-c5ccc6c(c5)c5ccccc5n6-c5ccccc5)cccc43)ccc2c1. The molecule has 0 fully saturated rings. The maximum absolute atomic E-state index is 9.37. The number of nitriles is 1. The van der Waals surface area contributed by atoms with Gasteiger partial charge in [0.1, 0.15) is 0 Å². The molecule has 0 unspecified atom stereocenters. The van der Waals surface area contributed by atoms with Gasteiger partial charge in [0.25, 0.3) is 0 Å². The second-order valence-corrected chi connectivity index (χ2v) is 11.3. The fourth-order valence-corrected chi connectivity index (χ4v) is 6.98. The number of hydrogen-bond donors (Lipinski definition) is 0. The largest absolute Gasteiger partial charge is 0.309 e. The summed E-state index contributed by atoms with van der Waals surface area (Å²) in [6.45, 7) is 0. The van der Waals surface area contributed by atoms with Crippen molar-refractivity contribution in [2.75, 3.05) is 0 Å². The third kappa shape index (κ3) is 3.55. The van der Waals surface area contributed by atoms with Gasteiger partial charge in [-0.2, -0.15) is 5.26 Å². The maximum Gasteiger partial charge on any atom is 0.0991 e. The van der Waals surface area contributed by atoms with Crippen molar-refractivity contribution < 1.29 is 0 Å². The van der Waals surface area contributed by atoms with Crippen LogP contribution in [0.15, 0.2) is 152 Å². The first kappa shape index (κ1) is 24.5. The smallest absolute Gasteiger partial charge is 0.0991 e. The molecule has 0 aliphatic rings. The average Bonchev–Trinajstić information content (AvgIpc) is 3.61. The van der Waals surface area contributed by atoms with Crippen molar-refractivity contribution in [3.63, 3.8) is 0 Å². The summed E-state index contributed by atoms with van der Waals surface area (Å²) in [6, 6.07) is 56.2.